The summed E-state index contributed by atoms with van der Waals surface area (Å²) in [7, 11) is 0. The molecule has 4 rings (SSSR count). The number of ether oxygens (including phenoxy) is 2. The molecule has 24 heavy (non-hydrogen) atoms. The van der Waals surface area contributed by atoms with Crippen molar-refractivity contribution in [1.29, 1.82) is 0 Å². The van der Waals surface area contributed by atoms with Gasteiger partial charge in [-0.05, 0) is 36.8 Å². The van der Waals surface area contributed by atoms with Gasteiger partial charge in [-0.1, -0.05) is 41.6 Å². The van der Waals surface area contributed by atoms with E-state index in [-0.39, 0.29) is 12.0 Å². The molecule has 122 valence electrons. The third kappa shape index (κ3) is 2.95. The van der Waals surface area contributed by atoms with Crippen molar-refractivity contribution in [3.8, 4) is 23.0 Å². The van der Waals surface area contributed by atoms with Crippen LogP contribution < -0.4 is 9.47 Å². The maximum atomic E-state index is 6.23. The Balaban J connectivity index is 1.54. The van der Waals surface area contributed by atoms with Crippen molar-refractivity contribution in [1.82, 2.24) is 10.2 Å². The summed E-state index contributed by atoms with van der Waals surface area (Å²) in [6, 6.07) is 13.3. The second-order valence-corrected chi connectivity index (χ2v) is 6.92. The smallest absolute Gasteiger partial charge is 0.277 e. The number of benzene rings is 2. The van der Waals surface area contributed by atoms with E-state index < -0.39 is 0 Å². The van der Waals surface area contributed by atoms with Crippen LogP contribution >= 0.6 is 23.4 Å². The molecular weight excluding hydrogens is 348 g/mol. The molecule has 2 aromatic carbocycles. The third-order valence-corrected chi connectivity index (χ3v) is 4.97. The molecular formula is C17H13ClN2O3S. The Morgan fingerprint density at radius 2 is 1.92 bits per heavy atom. The Morgan fingerprint density at radius 1 is 1.08 bits per heavy atom. The first-order valence-electron chi connectivity index (χ1n) is 7.35. The minimum Gasteiger partial charge on any atom is -0.454 e. The summed E-state index contributed by atoms with van der Waals surface area (Å²) in [5.74, 6) is 1.85. The molecule has 3 aromatic rings. The normalized spacial score (nSPS) is 13.9. The second kappa shape index (κ2) is 6.37. The molecule has 7 heteroatoms. The summed E-state index contributed by atoms with van der Waals surface area (Å²) < 4.78 is 16.4. The van der Waals surface area contributed by atoms with E-state index in [2.05, 4.69) is 17.1 Å². The average molecular weight is 361 g/mol. The van der Waals surface area contributed by atoms with E-state index in [1.165, 1.54) is 11.8 Å². The number of halogens is 1. The highest BCUT2D eigenvalue weighted by molar-refractivity contribution is 7.99. The lowest BCUT2D eigenvalue weighted by Crippen LogP contribution is -1.92. The summed E-state index contributed by atoms with van der Waals surface area (Å²) in [6.45, 7) is 2.29. The SMILES string of the molecule is C[C@H](Sc1nnc(-c2ccc3c(c2)OCO3)o1)c1ccccc1Cl. The molecule has 1 aliphatic rings. The van der Waals surface area contributed by atoms with Gasteiger partial charge >= 0.3 is 0 Å². The Morgan fingerprint density at radius 3 is 2.79 bits per heavy atom. The number of thioether (sulfide) groups is 1. The average Bonchev–Trinajstić information content (AvgIpc) is 3.23. The Kier molecular flexibility index (Phi) is 4.08. The van der Waals surface area contributed by atoms with E-state index in [0.717, 1.165) is 21.9 Å². The highest BCUT2D eigenvalue weighted by Crippen LogP contribution is 2.39. The molecule has 0 fully saturated rings. The molecule has 0 N–H and O–H groups in total. The van der Waals surface area contributed by atoms with E-state index in [4.69, 9.17) is 25.5 Å². The Bertz CT molecular complexity index is 884. The molecule has 0 unspecified atom stereocenters. The lowest BCUT2D eigenvalue weighted by atomic mass is 10.2. The number of nitrogens with zero attached hydrogens (tertiary/aromatic N) is 2. The molecule has 0 amide bonds. The van der Waals surface area contributed by atoms with Crippen molar-refractivity contribution in [3.63, 3.8) is 0 Å². The lowest BCUT2D eigenvalue weighted by molar-refractivity contribution is 0.174. The van der Waals surface area contributed by atoms with Crippen LogP contribution in [0.2, 0.25) is 5.02 Å². The predicted octanol–water partition coefficient (Wildman–Crippen LogP) is 4.97. The standard InChI is InChI=1S/C17H13ClN2O3S/c1-10(12-4-2-3-5-13(12)18)24-17-20-19-16(23-17)11-6-7-14-15(8-11)22-9-21-14/h2-8,10H,9H2,1H3/t10-/m0/s1. The van der Waals surface area contributed by atoms with E-state index >= 15 is 0 Å². The fourth-order valence-corrected chi connectivity index (χ4v) is 3.64. The van der Waals surface area contributed by atoms with Gasteiger partial charge in [0.15, 0.2) is 11.5 Å². The van der Waals surface area contributed by atoms with Gasteiger partial charge in [0.1, 0.15) is 0 Å². The van der Waals surface area contributed by atoms with Crippen molar-refractivity contribution in [2.75, 3.05) is 6.79 Å². The number of fused-ring (bicyclic) bond motifs is 1. The first-order valence-corrected chi connectivity index (χ1v) is 8.61. The topological polar surface area (TPSA) is 57.4 Å². The van der Waals surface area contributed by atoms with Gasteiger partial charge in [0.05, 0.1) is 0 Å². The number of hydrogen-bond donors (Lipinski definition) is 0. The van der Waals surface area contributed by atoms with Crippen molar-refractivity contribution < 1.29 is 13.9 Å². The maximum Gasteiger partial charge on any atom is 0.277 e. The van der Waals surface area contributed by atoms with Crippen LogP contribution in [0, 0.1) is 0 Å². The van der Waals surface area contributed by atoms with E-state index in [1.54, 1.807) is 0 Å². The highest BCUT2D eigenvalue weighted by atomic mass is 35.5. The fraction of sp³-hybridized carbons (Fsp3) is 0.176. The summed E-state index contributed by atoms with van der Waals surface area (Å²) in [6.07, 6.45) is 0. The highest BCUT2D eigenvalue weighted by Gasteiger charge is 2.18. The van der Waals surface area contributed by atoms with E-state index in [1.807, 2.05) is 42.5 Å². The van der Waals surface area contributed by atoms with Crippen LogP contribution in [0.15, 0.2) is 52.1 Å². The Labute approximate surface area is 147 Å². The second-order valence-electron chi connectivity index (χ2n) is 5.22. The first kappa shape index (κ1) is 15.4. The molecule has 0 radical (unpaired) electrons. The van der Waals surface area contributed by atoms with Gasteiger partial charge in [-0.15, -0.1) is 10.2 Å². The molecule has 1 aliphatic heterocycles. The molecule has 5 nitrogen and oxygen atoms in total. The van der Waals surface area contributed by atoms with Crippen LogP contribution in [-0.4, -0.2) is 17.0 Å². The van der Waals surface area contributed by atoms with Crippen LogP contribution in [0.1, 0.15) is 17.7 Å². The maximum absolute atomic E-state index is 6.23. The largest absolute Gasteiger partial charge is 0.454 e. The number of aromatic nitrogens is 2. The molecule has 0 saturated heterocycles. The van der Waals surface area contributed by atoms with Crippen molar-refractivity contribution in [2.45, 2.75) is 17.4 Å². The van der Waals surface area contributed by atoms with Crippen molar-refractivity contribution >= 4 is 23.4 Å². The minimum absolute atomic E-state index is 0.101. The molecule has 0 bridgehead atoms. The first-order chi connectivity index (χ1) is 11.7. The van der Waals surface area contributed by atoms with Crippen molar-refractivity contribution in [3.05, 3.63) is 53.1 Å². The number of hydrogen-bond acceptors (Lipinski definition) is 6. The van der Waals surface area contributed by atoms with Gasteiger partial charge in [0.2, 0.25) is 12.7 Å². The van der Waals surface area contributed by atoms with Crippen LogP contribution in [0.3, 0.4) is 0 Å². The summed E-state index contributed by atoms with van der Waals surface area (Å²) >= 11 is 7.71. The number of rotatable bonds is 4. The molecule has 0 aliphatic carbocycles. The van der Waals surface area contributed by atoms with Gasteiger partial charge in [0, 0.05) is 15.8 Å². The van der Waals surface area contributed by atoms with Crippen LogP contribution in [0.25, 0.3) is 11.5 Å². The molecule has 1 aromatic heterocycles. The van der Waals surface area contributed by atoms with Crippen LogP contribution in [0.5, 0.6) is 11.5 Å². The van der Waals surface area contributed by atoms with Gasteiger partial charge in [0.25, 0.3) is 5.22 Å². The van der Waals surface area contributed by atoms with E-state index in [0.29, 0.717) is 16.9 Å². The lowest BCUT2D eigenvalue weighted by Gasteiger charge is -2.10. The van der Waals surface area contributed by atoms with E-state index in [9.17, 15) is 0 Å². The zero-order chi connectivity index (χ0) is 16.5. The zero-order valence-corrected chi connectivity index (χ0v) is 14.3. The third-order valence-electron chi connectivity index (χ3n) is 3.65. The monoisotopic (exact) mass is 360 g/mol. The van der Waals surface area contributed by atoms with Gasteiger partial charge in [-0.25, -0.2) is 0 Å². The Hall–Kier alpha value is -2.18. The molecule has 1 atom stereocenters. The van der Waals surface area contributed by atoms with Gasteiger partial charge < -0.3 is 13.9 Å². The fourth-order valence-electron chi connectivity index (χ4n) is 2.42. The van der Waals surface area contributed by atoms with Crippen LogP contribution in [0.4, 0.5) is 0 Å². The quantitative estimate of drug-likeness (QED) is 0.612. The minimum atomic E-state index is 0.101. The zero-order valence-electron chi connectivity index (χ0n) is 12.7. The van der Waals surface area contributed by atoms with Gasteiger partial charge in [-0.3, -0.25) is 0 Å². The predicted molar refractivity (Wildman–Crippen MR) is 91.6 cm³/mol. The summed E-state index contributed by atoms with van der Waals surface area (Å²) in [4.78, 5) is 0. The van der Waals surface area contributed by atoms with Crippen molar-refractivity contribution in [2.24, 2.45) is 0 Å². The molecule has 0 saturated carbocycles. The van der Waals surface area contributed by atoms with Crippen LogP contribution in [-0.2, 0) is 0 Å². The summed E-state index contributed by atoms with van der Waals surface area (Å²) in [5.41, 5.74) is 1.83. The molecule has 0 spiro atoms. The summed E-state index contributed by atoms with van der Waals surface area (Å²) in [5, 5.41) is 9.55. The molecule has 2 heterocycles. The van der Waals surface area contributed by atoms with Gasteiger partial charge in [-0.2, -0.15) is 0 Å².